The Kier molecular flexibility index (Phi) is 5.30. The van der Waals surface area contributed by atoms with Crippen molar-refractivity contribution in [3.63, 3.8) is 0 Å². The lowest BCUT2D eigenvalue weighted by Crippen LogP contribution is -2.50. The van der Waals surface area contributed by atoms with Crippen LogP contribution in [0.15, 0.2) is 0 Å². The molecule has 0 heterocycles. The van der Waals surface area contributed by atoms with Gasteiger partial charge in [0.1, 0.15) is 0 Å². The fraction of sp³-hybridized carbons (Fsp3) is 1.00. The predicted molar refractivity (Wildman–Crippen MR) is 74.3 cm³/mol. The van der Waals surface area contributed by atoms with Gasteiger partial charge in [0.05, 0.1) is 0 Å². The van der Waals surface area contributed by atoms with Crippen molar-refractivity contribution in [3.8, 4) is 0 Å². The molecule has 2 aliphatic rings. The van der Waals surface area contributed by atoms with Crippen molar-refractivity contribution in [2.24, 2.45) is 5.92 Å². The van der Waals surface area contributed by atoms with Crippen molar-refractivity contribution >= 4 is 0 Å². The standard InChI is InChI=1S/C15H30N2/c1-3-17(12-13-8-7-9-13)15-11-6-4-5-10-14(15)16-2/h13-16H,3-12H2,1-2H3. The fourth-order valence-corrected chi connectivity index (χ4v) is 3.57. The van der Waals surface area contributed by atoms with Crippen molar-refractivity contribution in [1.29, 1.82) is 0 Å². The molecule has 0 amide bonds. The van der Waals surface area contributed by atoms with E-state index in [0.29, 0.717) is 0 Å². The van der Waals surface area contributed by atoms with Crippen molar-refractivity contribution in [2.45, 2.75) is 70.4 Å². The highest BCUT2D eigenvalue weighted by molar-refractivity contribution is 4.87. The molecule has 0 radical (unpaired) electrons. The number of hydrogen-bond acceptors (Lipinski definition) is 2. The van der Waals surface area contributed by atoms with Gasteiger partial charge in [0.2, 0.25) is 0 Å². The minimum absolute atomic E-state index is 0.734. The van der Waals surface area contributed by atoms with Crippen LogP contribution in [-0.4, -0.2) is 37.1 Å². The van der Waals surface area contributed by atoms with Gasteiger partial charge in [-0.2, -0.15) is 0 Å². The van der Waals surface area contributed by atoms with E-state index < -0.39 is 0 Å². The number of likely N-dealkylation sites (N-methyl/N-ethyl adjacent to an activating group) is 2. The minimum Gasteiger partial charge on any atom is -0.315 e. The summed E-state index contributed by atoms with van der Waals surface area (Å²) in [5, 5.41) is 3.58. The zero-order valence-corrected chi connectivity index (χ0v) is 11.8. The number of rotatable bonds is 5. The highest BCUT2D eigenvalue weighted by atomic mass is 15.2. The molecule has 0 saturated heterocycles. The Morgan fingerprint density at radius 1 is 1.00 bits per heavy atom. The molecule has 2 atom stereocenters. The molecule has 0 aromatic carbocycles. The maximum atomic E-state index is 3.58. The molecule has 2 aliphatic carbocycles. The lowest BCUT2D eigenvalue weighted by atomic mass is 9.84. The summed E-state index contributed by atoms with van der Waals surface area (Å²) >= 11 is 0. The highest BCUT2D eigenvalue weighted by Gasteiger charge is 2.29. The summed E-state index contributed by atoms with van der Waals surface area (Å²) in [5.74, 6) is 1.01. The van der Waals surface area contributed by atoms with Gasteiger partial charge in [0, 0.05) is 18.6 Å². The third-order valence-corrected chi connectivity index (χ3v) is 4.94. The lowest BCUT2D eigenvalue weighted by Gasteiger charge is -2.39. The zero-order valence-electron chi connectivity index (χ0n) is 11.8. The maximum Gasteiger partial charge on any atom is 0.0249 e. The van der Waals surface area contributed by atoms with Gasteiger partial charge < -0.3 is 5.32 Å². The monoisotopic (exact) mass is 238 g/mol. The summed E-state index contributed by atoms with van der Waals surface area (Å²) in [5.41, 5.74) is 0. The topological polar surface area (TPSA) is 15.3 Å². The van der Waals surface area contributed by atoms with E-state index in [1.54, 1.807) is 0 Å². The van der Waals surface area contributed by atoms with Crippen LogP contribution >= 0.6 is 0 Å². The summed E-state index contributed by atoms with van der Waals surface area (Å²) in [6, 6.07) is 1.53. The van der Waals surface area contributed by atoms with E-state index in [1.807, 2.05) is 0 Å². The zero-order chi connectivity index (χ0) is 12.1. The summed E-state index contributed by atoms with van der Waals surface area (Å²) in [7, 11) is 2.15. The normalized spacial score (nSPS) is 31.2. The maximum absolute atomic E-state index is 3.58. The van der Waals surface area contributed by atoms with E-state index in [9.17, 15) is 0 Å². The summed E-state index contributed by atoms with van der Waals surface area (Å²) in [6.07, 6.45) is 11.5. The van der Waals surface area contributed by atoms with Crippen molar-refractivity contribution < 1.29 is 0 Å². The Balaban J connectivity index is 1.92. The van der Waals surface area contributed by atoms with Gasteiger partial charge in [-0.3, -0.25) is 4.90 Å². The van der Waals surface area contributed by atoms with Crippen LogP contribution in [0.5, 0.6) is 0 Å². The first kappa shape index (κ1) is 13.4. The Bertz CT molecular complexity index is 213. The van der Waals surface area contributed by atoms with E-state index in [1.165, 1.54) is 64.5 Å². The van der Waals surface area contributed by atoms with Gasteiger partial charge >= 0.3 is 0 Å². The van der Waals surface area contributed by atoms with Gasteiger partial charge in [-0.1, -0.05) is 32.6 Å². The second-order valence-corrected chi connectivity index (χ2v) is 5.99. The van der Waals surface area contributed by atoms with Crippen molar-refractivity contribution in [2.75, 3.05) is 20.1 Å². The Morgan fingerprint density at radius 3 is 2.35 bits per heavy atom. The van der Waals surface area contributed by atoms with Crippen molar-refractivity contribution in [1.82, 2.24) is 10.2 Å². The largest absolute Gasteiger partial charge is 0.315 e. The Morgan fingerprint density at radius 2 is 1.76 bits per heavy atom. The molecular weight excluding hydrogens is 208 g/mol. The van der Waals surface area contributed by atoms with Crippen LogP contribution < -0.4 is 5.32 Å². The smallest absolute Gasteiger partial charge is 0.0249 e. The second kappa shape index (κ2) is 6.75. The summed E-state index contributed by atoms with van der Waals surface area (Å²) in [4.78, 5) is 2.77. The number of hydrogen-bond donors (Lipinski definition) is 1. The van der Waals surface area contributed by atoms with Crippen molar-refractivity contribution in [3.05, 3.63) is 0 Å². The molecule has 0 aromatic rings. The van der Waals surface area contributed by atoms with Crippen LogP contribution in [0, 0.1) is 5.92 Å². The van der Waals surface area contributed by atoms with E-state index in [-0.39, 0.29) is 0 Å². The van der Waals surface area contributed by atoms with Gasteiger partial charge in [0.25, 0.3) is 0 Å². The molecule has 2 fully saturated rings. The van der Waals surface area contributed by atoms with E-state index in [4.69, 9.17) is 0 Å². The predicted octanol–water partition coefficient (Wildman–Crippen LogP) is 3.03. The molecule has 2 rings (SSSR count). The Labute approximate surface area is 107 Å². The van der Waals surface area contributed by atoms with Crippen LogP contribution in [0.4, 0.5) is 0 Å². The molecule has 2 saturated carbocycles. The third kappa shape index (κ3) is 3.45. The molecule has 0 bridgehead atoms. The molecule has 17 heavy (non-hydrogen) atoms. The van der Waals surface area contributed by atoms with Gasteiger partial charge in [0.15, 0.2) is 0 Å². The molecule has 0 spiro atoms. The van der Waals surface area contributed by atoms with E-state index in [2.05, 4.69) is 24.2 Å². The molecule has 100 valence electrons. The second-order valence-electron chi connectivity index (χ2n) is 5.99. The van der Waals surface area contributed by atoms with Crippen LogP contribution in [-0.2, 0) is 0 Å². The quantitative estimate of drug-likeness (QED) is 0.741. The molecular formula is C15H30N2. The van der Waals surface area contributed by atoms with Gasteiger partial charge in [-0.15, -0.1) is 0 Å². The van der Waals surface area contributed by atoms with Crippen LogP contribution in [0.2, 0.25) is 0 Å². The fourth-order valence-electron chi connectivity index (χ4n) is 3.57. The Hall–Kier alpha value is -0.0800. The summed E-state index contributed by atoms with van der Waals surface area (Å²) < 4.78 is 0. The van der Waals surface area contributed by atoms with Crippen LogP contribution in [0.25, 0.3) is 0 Å². The first-order valence-electron chi connectivity index (χ1n) is 7.76. The first-order chi connectivity index (χ1) is 8.35. The van der Waals surface area contributed by atoms with Crippen LogP contribution in [0.1, 0.15) is 58.3 Å². The highest BCUT2D eigenvalue weighted by Crippen LogP contribution is 2.30. The lowest BCUT2D eigenvalue weighted by molar-refractivity contribution is 0.110. The average molecular weight is 238 g/mol. The SMILES string of the molecule is CCN(CC1CCC1)C1CCCCCC1NC. The first-order valence-corrected chi connectivity index (χ1v) is 7.76. The minimum atomic E-state index is 0.734. The van der Waals surface area contributed by atoms with Gasteiger partial charge in [-0.25, -0.2) is 0 Å². The van der Waals surface area contributed by atoms with Crippen LogP contribution in [0.3, 0.4) is 0 Å². The van der Waals surface area contributed by atoms with E-state index >= 15 is 0 Å². The van der Waals surface area contributed by atoms with Gasteiger partial charge in [-0.05, 0) is 45.2 Å². The molecule has 0 aromatic heterocycles. The summed E-state index contributed by atoms with van der Waals surface area (Å²) in [6.45, 7) is 4.94. The third-order valence-electron chi connectivity index (χ3n) is 4.94. The molecule has 2 heteroatoms. The average Bonchev–Trinajstić information content (AvgIpc) is 2.53. The molecule has 2 nitrogen and oxygen atoms in total. The molecule has 0 aliphatic heterocycles. The van der Waals surface area contributed by atoms with E-state index in [0.717, 1.165) is 18.0 Å². The number of nitrogens with one attached hydrogen (secondary N) is 1. The number of nitrogens with zero attached hydrogens (tertiary/aromatic N) is 1. The molecule has 1 N–H and O–H groups in total. The molecule has 2 unspecified atom stereocenters.